The zero-order valence-corrected chi connectivity index (χ0v) is 15.3. The predicted molar refractivity (Wildman–Crippen MR) is 96.5 cm³/mol. The summed E-state index contributed by atoms with van der Waals surface area (Å²) in [7, 11) is 1.39. The van der Waals surface area contributed by atoms with Gasteiger partial charge in [-0.1, -0.05) is 36.9 Å². The minimum Gasteiger partial charge on any atom is -0.468 e. The molecule has 0 saturated carbocycles. The van der Waals surface area contributed by atoms with E-state index in [2.05, 4.69) is 34.2 Å². The van der Waals surface area contributed by atoms with E-state index in [1.807, 2.05) is 16.7 Å². The molecule has 25 heavy (non-hydrogen) atoms. The molecule has 0 bridgehead atoms. The monoisotopic (exact) mass is 362 g/mol. The van der Waals surface area contributed by atoms with Crippen molar-refractivity contribution in [1.82, 2.24) is 14.8 Å². The number of methoxy groups -OCH3 is 1. The number of ether oxygens (including phenoxy) is 2. The van der Waals surface area contributed by atoms with E-state index in [1.54, 1.807) is 0 Å². The van der Waals surface area contributed by atoms with Gasteiger partial charge < -0.3 is 14.4 Å². The topological polar surface area (TPSA) is 69.5 Å². The van der Waals surface area contributed by atoms with Crippen molar-refractivity contribution in [3.63, 3.8) is 0 Å². The van der Waals surface area contributed by atoms with Crippen molar-refractivity contribution in [3.8, 4) is 5.69 Å². The van der Waals surface area contributed by atoms with Gasteiger partial charge in [-0.2, -0.15) is 0 Å². The smallest absolute Gasteiger partial charge is 0.316 e. The maximum Gasteiger partial charge on any atom is 0.316 e. The van der Waals surface area contributed by atoms with Crippen molar-refractivity contribution in [1.29, 1.82) is 0 Å². The van der Waals surface area contributed by atoms with E-state index in [4.69, 9.17) is 9.47 Å². The summed E-state index contributed by atoms with van der Waals surface area (Å²) in [5, 5.41) is 9.43. The maximum absolute atomic E-state index is 11.5. The third kappa shape index (κ3) is 3.96. The van der Waals surface area contributed by atoms with Crippen LogP contribution < -0.4 is 4.90 Å². The summed E-state index contributed by atoms with van der Waals surface area (Å²) < 4.78 is 12.2. The molecule has 0 N–H and O–H groups in total. The molecule has 0 unspecified atom stereocenters. The first-order chi connectivity index (χ1) is 12.2. The zero-order valence-electron chi connectivity index (χ0n) is 14.5. The summed E-state index contributed by atoms with van der Waals surface area (Å²) in [5.74, 6) is 0.708. The number of aryl methyl sites for hydroxylation is 1. The van der Waals surface area contributed by atoms with Crippen LogP contribution in [0, 0.1) is 0 Å². The zero-order chi connectivity index (χ0) is 17.6. The lowest BCUT2D eigenvalue weighted by molar-refractivity contribution is -0.137. The van der Waals surface area contributed by atoms with Crippen LogP contribution >= 0.6 is 11.8 Å². The fourth-order valence-corrected chi connectivity index (χ4v) is 3.52. The highest BCUT2D eigenvalue weighted by atomic mass is 32.2. The summed E-state index contributed by atoms with van der Waals surface area (Å²) in [4.78, 5) is 13.7. The molecule has 0 atom stereocenters. The van der Waals surface area contributed by atoms with Crippen LogP contribution in [-0.2, 0) is 20.7 Å². The van der Waals surface area contributed by atoms with E-state index in [0.717, 1.165) is 31.1 Å². The maximum atomic E-state index is 11.5. The van der Waals surface area contributed by atoms with Gasteiger partial charge in [0.2, 0.25) is 5.95 Å². The van der Waals surface area contributed by atoms with E-state index >= 15 is 0 Å². The Bertz CT molecular complexity index is 728. The standard InChI is InChI=1S/C17H22N4O3S/c1-3-13-6-4-5-7-14(13)21-16(20-8-10-24-11-9-20)18-19-17(21)25-12-15(22)23-2/h4-7H,3,8-12H2,1-2H3. The van der Waals surface area contributed by atoms with Gasteiger partial charge in [0.15, 0.2) is 5.16 Å². The lowest BCUT2D eigenvalue weighted by atomic mass is 10.1. The van der Waals surface area contributed by atoms with E-state index in [0.29, 0.717) is 18.4 Å². The molecule has 8 heteroatoms. The number of carbonyl (C=O) groups excluding carboxylic acids is 1. The number of hydrogen-bond acceptors (Lipinski definition) is 7. The molecule has 1 aromatic carbocycles. The fraction of sp³-hybridized carbons (Fsp3) is 0.471. The molecule has 0 aliphatic carbocycles. The number of thioether (sulfide) groups is 1. The number of rotatable bonds is 6. The third-order valence-electron chi connectivity index (χ3n) is 4.07. The molecule has 1 aliphatic heterocycles. The second-order valence-electron chi connectivity index (χ2n) is 5.56. The van der Waals surface area contributed by atoms with Gasteiger partial charge >= 0.3 is 5.97 Å². The van der Waals surface area contributed by atoms with Gasteiger partial charge in [0.05, 0.1) is 31.8 Å². The molecular weight excluding hydrogens is 340 g/mol. The van der Waals surface area contributed by atoms with Crippen LogP contribution in [0.25, 0.3) is 5.69 Å². The Morgan fingerprint density at radius 1 is 1.28 bits per heavy atom. The molecule has 1 aliphatic rings. The first-order valence-electron chi connectivity index (χ1n) is 8.30. The predicted octanol–water partition coefficient (Wildman–Crippen LogP) is 1.93. The van der Waals surface area contributed by atoms with Crippen LogP contribution in [-0.4, -0.2) is 59.9 Å². The van der Waals surface area contributed by atoms with E-state index in [1.165, 1.54) is 24.4 Å². The lowest BCUT2D eigenvalue weighted by Gasteiger charge is -2.28. The number of anilines is 1. The van der Waals surface area contributed by atoms with Crippen molar-refractivity contribution in [2.24, 2.45) is 0 Å². The largest absolute Gasteiger partial charge is 0.468 e. The number of carbonyl (C=O) groups is 1. The molecule has 7 nitrogen and oxygen atoms in total. The first-order valence-corrected chi connectivity index (χ1v) is 9.29. The quantitative estimate of drug-likeness (QED) is 0.574. The number of esters is 1. The molecule has 3 rings (SSSR count). The van der Waals surface area contributed by atoms with E-state index in [9.17, 15) is 4.79 Å². The van der Waals surface area contributed by atoms with Gasteiger partial charge in [-0.3, -0.25) is 9.36 Å². The van der Waals surface area contributed by atoms with Gasteiger partial charge in [-0.25, -0.2) is 0 Å². The van der Waals surface area contributed by atoms with E-state index in [-0.39, 0.29) is 11.7 Å². The highest BCUT2D eigenvalue weighted by Crippen LogP contribution is 2.29. The van der Waals surface area contributed by atoms with Crippen LogP contribution in [0.1, 0.15) is 12.5 Å². The summed E-state index contributed by atoms with van der Waals surface area (Å²) in [6.45, 7) is 5.01. The normalized spacial score (nSPS) is 14.6. The number of aromatic nitrogens is 3. The van der Waals surface area contributed by atoms with Gasteiger partial charge in [0.25, 0.3) is 0 Å². The van der Waals surface area contributed by atoms with Crippen LogP contribution in [0.3, 0.4) is 0 Å². The summed E-state index contributed by atoms with van der Waals surface area (Å²) in [6.07, 6.45) is 0.901. The molecule has 0 amide bonds. The molecule has 2 heterocycles. The van der Waals surface area contributed by atoms with E-state index < -0.39 is 0 Å². The fourth-order valence-electron chi connectivity index (χ4n) is 2.75. The van der Waals surface area contributed by atoms with Crippen molar-refractivity contribution >= 4 is 23.7 Å². The molecule has 2 aromatic rings. The molecule has 1 fully saturated rings. The SMILES string of the molecule is CCc1ccccc1-n1c(SCC(=O)OC)nnc1N1CCOCC1. The minimum atomic E-state index is -0.281. The molecule has 134 valence electrons. The Balaban J connectivity index is 2.01. The third-order valence-corrected chi connectivity index (χ3v) is 4.97. The average Bonchev–Trinajstić information content (AvgIpc) is 3.10. The second-order valence-corrected chi connectivity index (χ2v) is 6.51. The van der Waals surface area contributed by atoms with Crippen molar-refractivity contribution < 1.29 is 14.3 Å². The molecule has 0 radical (unpaired) electrons. The van der Waals surface area contributed by atoms with Crippen molar-refractivity contribution in [2.75, 3.05) is 44.1 Å². The number of hydrogen-bond donors (Lipinski definition) is 0. The number of benzene rings is 1. The van der Waals surface area contributed by atoms with Gasteiger partial charge in [0, 0.05) is 13.1 Å². The average molecular weight is 362 g/mol. The first kappa shape index (κ1) is 17.8. The van der Waals surface area contributed by atoms with Gasteiger partial charge in [0.1, 0.15) is 0 Å². The molecule has 1 saturated heterocycles. The molecular formula is C17H22N4O3S. The number of morpholine rings is 1. The molecule has 1 aromatic heterocycles. The minimum absolute atomic E-state index is 0.200. The number of nitrogens with zero attached hydrogens (tertiary/aromatic N) is 4. The van der Waals surface area contributed by atoms with Gasteiger partial charge in [-0.15, -0.1) is 10.2 Å². The van der Waals surface area contributed by atoms with Crippen LogP contribution in [0.4, 0.5) is 5.95 Å². The Labute approximate surface area is 151 Å². The number of para-hydroxylation sites is 1. The molecule has 0 spiro atoms. The highest BCUT2D eigenvalue weighted by Gasteiger charge is 2.23. The van der Waals surface area contributed by atoms with Crippen LogP contribution in [0.15, 0.2) is 29.4 Å². The van der Waals surface area contributed by atoms with Gasteiger partial charge in [-0.05, 0) is 18.1 Å². The van der Waals surface area contributed by atoms with Crippen LogP contribution in [0.2, 0.25) is 0 Å². The summed E-state index contributed by atoms with van der Waals surface area (Å²) in [5.41, 5.74) is 2.25. The Hall–Kier alpha value is -2.06. The summed E-state index contributed by atoms with van der Waals surface area (Å²) >= 11 is 1.34. The lowest BCUT2D eigenvalue weighted by Crippen LogP contribution is -2.38. The van der Waals surface area contributed by atoms with Crippen LogP contribution in [0.5, 0.6) is 0 Å². The Kier molecular flexibility index (Phi) is 5.93. The highest BCUT2D eigenvalue weighted by molar-refractivity contribution is 7.99. The Morgan fingerprint density at radius 2 is 2.04 bits per heavy atom. The summed E-state index contributed by atoms with van der Waals surface area (Å²) in [6, 6.07) is 8.20. The van der Waals surface area contributed by atoms with Crippen molar-refractivity contribution in [3.05, 3.63) is 29.8 Å². The Morgan fingerprint density at radius 3 is 2.76 bits per heavy atom. The second kappa shape index (κ2) is 8.35. The van der Waals surface area contributed by atoms with Crippen molar-refractivity contribution in [2.45, 2.75) is 18.5 Å².